The van der Waals surface area contributed by atoms with Gasteiger partial charge in [-0.2, -0.15) is 0 Å². The third-order valence-corrected chi connectivity index (χ3v) is 4.14. The van der Waals surface area contributed by atoms with Gasteiger partial charge in [-0.15, -0.1) is 0 Å². The molecule has 6 heteroatoms. The zero-order valence-electron chi connectivity index (χ0n) is 14.7. The highest BCUT2D eigenvalue weighted by Gasteiger charge is 2.09. The summed E-state index contributed by atoms with van der Waals surface area (Å²) in [7, 11) is 1.83. The van der Waals surface area contributed by atoms with Crippen LogP contribution in [0.1, 0.15) is 26.7 Å². The van der Waals surface area contributed by atoms with Gasteiger partial charge in [-0.25, -0.2) is 0 Å². The molecule has 0 aromatic carbocycles. The minimum absolute atomic E-state index is 0.861. The van der Waals surface area contributed by atoms with E-state index in [0.29, 0.717) is 0 Å². The molecule has 1 heterocycles. The first-order valence-corrected chi connectivity index (χ1v) is 8.77. The zero-order valence-corrected chi connectivity index (χ0v) is 14.7. The number of hydrogen-bond acceptors (Lipinski definition) is 4. The maximum atomic E-state index is 5.36. The quantitative estimate of drug-likeness (QED) is 0.351. The molecular formula is C16H35N5O. The predicted octanol–water partition coefficient (Wildman–Crippen LogP) is 0.606. The lowest BCUT2D eigenvalue weighted by molar-refractivity contribution is 0.0389. The van der Waals surface area contributed by atoms with Crippen LogP contribution < -0.4 is 10.6 Å². The molecule has 1 aliphatic rings. The monoisotopic (exact) mass is 313 g/mol. The molecule has 0 atom stereocenters. The summed E-state index contributed by atoms with van der Waals surface area (Å²) in [5.41, 5.74) is 0. The first kappa shape index (κ1) is 19.2. The first-order chi connectivity index (χ1) is 10.8. The SMILES string of the molecule is CCN(CC)CCCCNC(=NC)NCCN1CCOCC1. The number of hydrogen-bond donors (Lipinski definition) is 2. The van der Waals surface area contributed by atoms with Crippen LogP contribution >= 0.6 is 0 Å². The second-order valence-corrected chi connectivity index (χ2v) is 5.61. The highest BCUT2D eigenvalue weighted by molar-refractivity contribution is 5.79. The van der Waals surface area contributed by atoms with E-state index in [-0.39, 0.29) is 0 Å². The van der Waals surface area contributed by atoms with Crippen LogP contribution in [0.5, 0.6) is 0 Å². The van der Waals surface area contributed by atoms with Crippen molar-refractivity contribution in [3.05, 3.63) is 0 Å². The molecule has 130 valence electrons. The van der Waals surface area contributed by atoms with Gasteiger partial charge in [0, 0.05) is 39.8 Å². The summed E-state index contributed by atoms with van der Waals surface area (Å²) in [5.74, 6) is 0.913. The van der Waals surface area contributed by atoms with Gasteiger partial charge in [0.25, 0.3) is 0 Å². The van der Waals surface area contributed by atoms with Gasteiger partial charge in [-0.05, 0) is 32.5 Å². The van der Waals surface area contributed by atoms with Crippen molar-refractivity contribution in [2.45, 2.75) is 26.7 Å². The molecule has 6 nitrogen and oxygen atoms in total. The Kier molecular flexibility index (Phi) is 11.1. The molecule has 1 aliphatic heterocycles. The number of aliphatic imine (C=N–C) groups is 1. The molecule has 0 radical (unpaired) electrons. The van der Waals surface area contributed by atoms with Crippen molar-refractivity contribution in [2.75, 3.05) is 72.6 Å². The molecule has 2 N–H and O–H groups in total. The van der Waals surface area contributed by atoms with E-state index >= 15 is 0 Å². The minimum atomic E-state index is 0.861. The predicted molar refractivity (Wildman–Crippen MR) is 93.6 cm³/mol. The molecule has 0 aromatic heterocycles. The van der Waals surface area contributed by atoms with Crippen molar-refractivity contribution in [3.8, 4) is 0 Å². The van der Waals surface area contributed by atoms with Crippen molar-refractivity contribution in [1.82, 2.24) is 20.4 Å². The third-order valence-electron chi connectivity index (χ3n) is 4.14. The van der Waals surface area contributed by atoms with E-state index in [4.69, 9.17) is 4.74 Å². The fourth-order valence-corrected chi connectivity index (χ4v) is 2.58. The minimum Gasteiger partial charge on any atom is -0.379 e. The van der Waals surface area contributed by atoms with Crippen LogP contribution in [0.2, 0.25) is 0 Å². The van der Waals surface area contributed by atoms with Gasteiger partial charge in [0.1, 0.15) is 0 Å². The van der Waals surface area contributed by atoms with Gasteiger partial charge in [-0.3, -0.25) is 9.89 Å². The summed E-state index contributed by atoms with van der Waals surface area (Å²) in [6.45, 7) is 14.7. The van der Waals surface area contributed by atoms with Crippen molar-refractivity contribution >= 4 is 5.96 Å². The van der Waals surface area contributed by atoms with E-state index in [9.17, 15) is 0 Å². The molecular weight excluding hydrogens is 278 g/mol. The van der Waals surface area contributed by atoms with Crippen LogP contribution in [-0.4, -0.2) is 88.4 Å². The molecule has 22 heavy (non-hydrogen) atoms. The van der Waals surface area contributed by atoms with Crippen LogP contribution in [0.3, 0.4) is 0 Å². The molecule has 1 rings (SSSR count). The molecule has 0 amide bonds. The standard InChI is InChI=1S/C16H35N5O/c1-4-20(5-2)10-7-6-8-18-16(17-3)19-9-11-21-12-14-22-15-13-21/h4-15H2,1-3H3,(H2,17,18,19). The number of ether oxygens (including phenoxy) is 1. The zero-order chi connectivity index (χ0) is 16.0. The smallest absolute Gasteiger partial charge is 0.191 e. The van der Waals surface area contributed by atoms with Crippen LogP contribution in [0.4, 0.5) is 0 Å². The molecule has 1 saturated heterocycles. The lowest BCUT2D eigenvalue weighted by Gasteiger charge is -2.26. The van der Waals surface area contributed by atoms with Gasteiger partial charge in [0.05, 0.1) is 13.2 Å². The Morgan fingerprint density at radius 3 is 2.41 bits per heavy atom. The molecule has 0 spiro atoms. The normalized spacial score (nSPS) is 17.0. The molecule has 0 aliphatic carbocycles. The Labute approximate surface area is 136 Å². The van der Waals surface area contributed by atoms with Gasteiger partial charge < -0.3 is 20.3 Å². The van der Waals surface area contributed by atoms with E-state index in [1.807, 2.05) is 7.05 Å². The van der Waals surface area contributed by atoms with Crippen molar-refractivity contribution in [1.29, 1.82) is 0 Å². The van der Waals surface area contributed by atoms with Gasteiger partial charge in [0.2, 0.25) is 0 Å². The summed E-state index contributed by atoms with van der Waals surface area (Å²) < 4.78 is 5.36. The van der Waals surface area contributed by atoms with Crippen LogP contribution in [0, 0.1) is 0 Å². The van der Waals surface area contributed by atoms with Crippen LogP contribution in [-0.2, 0) is 4.74 Å². The summed E-state index contributed by atoms with van der Waals surface area (Å²) in [6, 6.07) is 0. The van der Waals surface area contributed by atoms with Crippen molar-refractivity contribution in [3.63, 3.8) is 0 Å². The number of guanidine groups is 1. The lowest BCUT2D eigenvalue weighted by Crippen LogP contribution is -2.44. The van der Waals surface area contributed by atoms with E-state index < -0.39 is 0 Å². The average Bonchev–Trinajstić information content (AvgIpc) is 2.57. The van der Waals surface area contributed by atoms with E-state index in [1.165, 1.54) is 19.4 Å². The number of nitrogens with one attached hydrogen (secondary N) is 2. The molecule has 0 bridgehead atoms. The molecule has 0 saturated carbocycles. The summed E-state index contributed by atoms with van der Waals surface area (Å²) in [4.78, 5) is 9.17. The van der Waals surface area contributed by atoms with Crippen LogP contribution in [0.15, 0.2) is 4.99 Å². The van der Waals surface area contributed by atoms with E-state index in [2.05, 4.69) is 39.3 Å². The van der Waals surface area contributed by atoms with Crippen LogP contribution in [0.25, 0.3) is 0 Å². The molecule has 1 fully saturated rings. The maximum Gasteiger partial charge on any atom is 0.191 e. The first-order valence-electron chi connectivity index (χ1n) is 8.77. The average molecular weight is 313 g/mol. The highest BCUT2D eigenvalue weighted by Crippen LogP contribution is 1.95. The van der Waals surface area contributed by atoms with Gasteiger partial charge >= 0.3 is 0 Å². The van der Waals surface area contributed by atoms with Crippen molar-refractivity contribution in [2.24, 2.45) is 4.99 Å². The topological polar surface area (TPSA) is 52.1 Å². The Morgan fingerprint density at radius 1 is 1.09 bits per heavy atom. The number of nitrogens with zero attached hydrogens (tertiary/aromatic N) is 3. The fourth-order valence-electron chi connectivity index (χ4n) is 2.58. The fraction of sp³-hybridized carbons (Fsp3) is 0.938. The number of unbranched alkanes of at least 4 members (excludes halogenated alkanes) is 1. The lowest BCUT2D eigenvalue weighted by atomic mass is 10.3. The second-order valence-electron chi connectivity index (χ2n) is 5.61. The number of morpholine rings is 1. The number of rotatable bonds is 10. The highest BCUT2D eigenvalue weighted by atomic mass is 16.5. The summed E-state index contributed by atoms with van der Waals surface area (Å²) >= 11 is 0. The third kappa shape index (κ3) is 8.56. The van der Waals surface area contributed by atoms with E-state index in [1.54, 1.807) is 0 Å². The van der Waals surface area contributed by atoms with Crippen molar-refractivity contribution < 1.29 is 4.74 Å². The van der Waals surface area contributed by atoms with Gasteiger partial charge in [-0.1, -0.05) is 13.8 Å². The summed E-state index contributed by atoms with van der Waals surface area (Å²) in [5, 5.41) is 6.78. The summed E-state index contributed by atoms with van der Waals surface area (Å²) in [6.07, 6.45) is 2.42. The van der Waals surface area contributed by atoms with E-state index in [0.717, 1.165) is 65.0 Å². The Hall–Kier alpha value is -0.850. The second kappa shape index (κ2) is 12.7. The Bertz CT molecular complexity index is 288. The largest absolute Gasteiger partial charge is 0.379 e. The molecule has 0 aromatic rings. The van der Waals surface area contributed by atoms with Gasteiger partial charge in [0.15, 0.2) is 5.96 Å². The Balaban J connectivity index is 2.02. The Morgan fingerprint density at radius 2 is 1.77 bits per heavy atom. The maximum absolute atomic E-state index is 5.36. The molecule has 0 unspecified atom stereocenters.